The minimum atomic E-state index is -0.811. The van der Waals surface area contributed by atoms with E-state index in [4.69, 9.17) is 28.9 Å². The molecule has 114 valence electrons. The highest BCUT2D eigenvalue weighted by molar-refractivity contribution is 6.33. The number of amides is 1. The quantitative estimate of drug-likeness (QED) is 0.488. The van der Waals surface area contributed by atoms with Crippen LogP contribution in [0.3, 0.4) is 0 Å². The van der Waals surface area contributed by atoms with Crippen LogP contribution in [0.15, 0.2) is 24.5 Å². The number of nitro benzene ring substituents is 1. The number of hydrogen-bond acceptors (Lipinski definition) is 6. The Balaban J connectivity index is 2.29. The van der Waals surface area contributed by atoms with Gasteiger partial charge in [0.2, 0.25) is 5.28 Å². The highest BCUT2D eigenvalue weighted by Crippen LogP contribution is 2.31. The summed E-state index contributed by atoms with van der Waals surface area (Å²) in [5, 5.41) is 13.7. The van der Waals surface area contributed by atoms with Crippen LogP contribution in [0.1, 0.15) is 15.9 Å². The molecule has 0 spiro atoms. The zero-order valence-corrected chi connectivity index (χ0v) is 12.4. The Labute approximate surface area is 134 Å². The predicted molar refractivity (Wildman–Crippen MR) is 81.0 cm³/mol. The van der Waals surface area contributed by atoms with Gasteiger partial charge in [-0.2, -0.15) is 0 Å². The first kappa shape index (κ1) is 15.9. The average Bonchev–Trinajstić information content (AvgIpc) is 2.46. The fraction of sp³-hybridized carbons (Fsp3) is 0.0833. The number of benzene rings is 1. The summed E-state index contributed by atoms with van der Waals surface area (Å²) in [4.78, 5) is 29.2. The van der Waals surface area contributed by atoms with Crippen molar-refractivity contribution in [1.82, 2.24) is 9.97 Å². The molecule has 8 nitrogen and oxygen atoms in total. The van der Waals surface area contributed by atoms with Crippen molar-refractivity contribution in [3.63, 3.8) is 0 Å². The average molecular weight is 342 g/mol. The van der Waals surface area contributed by atoms with Crippen LogP contribution in [0.25, 0.3) is 0 Å². The first-order valence-electron chi connectivity index (χ1n) is 5.86. The van der Waals surface area contributed by atoms with E-state index in [1.165, 1.54) is 18.5 Å². The van der Waals surface area contributed by atoms with Gasteiger partial charge in [-0.05, 0) is 17.7 Å². The SMILES string of the molecule is NC(=O)c1cc([N+](=O)[O-])c(Cl)cc1NCc1cnc(Cl)nc1. The Hall–Kier alpha value is -2.45. The topological polar surface area (TPSA) is 124 Å². The summed E-state index contributed by atoms with van der Waals surface area (Å²) in [6.45, 7) is 0.256. The zero-order valence-electron chi connectivity index (χ0n) is 10.9. The molecular formula is C12H9Cl2N5O3. The van der Waals surface area contributed by atoms with Crippen molar-refractivity contribution in [2.24, 2.45) is 5.73 Å². The number of rotatable bonds is 5. The number of hydrogen-bond donors (Lipinski definition) is 2. The lowest BCUT2D eigenvalue weighted by atomic mass is 10.1. The van der Waals surface area contributed by atoms with E-state index in [2.05, 4.69) is 15.3 Å². The molecule has 1 amide bonds. The molecule has 0 fully saturated rings. The molecule has 3 N–H and O–H groups in total. The number of nitrogens with zero attached hydrogens (tertiary/aromatic N) is 3. The molecule has 0 aliphatic heterocycles. The standard InChI is InChI=1S/C12H9Cl2N5O3/c13-8-2-9(7(11(15)20)1-10(8)19(21)22)16-3-6-4-17-12(14)18-5-6/h1-2,4-5,16H,3H2,(H2,15,20). The van der Waals surface area contributed by atoms with Gasteiger partial charge in [-0.15, -0.1) is 0 Å². The molecule has 2 rings (SSSR count). The maximum absolute atomic E-state index is 11.4. The maximum atomic E-state index is 11.4. The molecule has 0 saturated carbocycles. The molecule has 0 radical (unpaired) electrons. The predicted octanol–water partition coefficient (Wildman–Crippen LogP) is 2.40. The maximum Gasteiger partial charge on any atom is 0.288 e. The molecule has 1 aromatic heterocycles. The van der Waals surface area contributed by atoms with E-state index in [0.29, 0.717) is 5.56 Å². The van der Waals surface area contributed by atoms with Gasteiger partial charge < -0.3 is 11.1 Å². The Morgan fingerprint density at radius 1 is 1.32 bits per heavy atom. The fourth-order valence-electron chi connectivity index (χ4n) is 1.68. The van der Waals surface area contributed by atoms with Gasteiger partial charge in [0.1, 0.15) is 5.02 Å². The van der Waals surface area contributed by atoms with Crippen LogP contribution >= 0.6 is 23.2 Å². The fourth-order valence-corrected chi connectivity index (χ4v) is 2.01. The number of nitro groups is 1. The van der Waals surface area contributed by atoms with Crippen LogP contribution in [0.2, 0.25) is 10.3 Å². The first-order chi connectivity index (χ1) is 10.4. The molecule has 0 atom stereocenters. The number of nitrogens with two attached hydrogens (primary N) is 1. The summed E-state index contributed by atoms with van der Waals surface area (Å²) in [5.74, 6) is -0.811. The van der Waals surface area contributed by atoms with E-state index >= 15 is 0 Å². The number of anilines is 1. The van der Waals surface area contributed by atoms with Crippen molar-refractivity contribution in [3.8, 4) is 0 Å². The highest BCUT2D eigenvalue weighted by atomic mass is 35.5. The summed E-state index contributed by atoms with van der Waals surface area (Å²) in [6.07, 6.45) is 3.00. The normalized spacial score (nSPS) is 10.3. The highest BCUT2D eigenvalue weighted by Gasteiger charge is 2.19. The van der Waals surface area contributed by atoms with E-state index in [1.807, 2.05) is 0 Å². The summed E-state index contributed by atoms with van der Waals surface area (Å²) in [6, 6.07) is 2.31. The summed E-state index contributed by atoms with van der Waals surface area (Å²) in [5.41, 5.74) is 5.77. The molecule has 0 aliphatic carbocycles. The second-order valence-corrected chi connectivity index (χ2v) is 4.93. The van der Waals surface area contributed by atoms with Crippen LogP contribution in [-0.2, 0) is 6.54 Å². The monoisotopic (exact) mass is 341 g/mol. The van der Waals surface area contributed by atoms with Gasteiger partial charge >= 0.3 is 0 Å². The van der Waals surface area contributed by atoms with Crippen LogP contribution in [0.4, 0.5) is 11.4 Å². The minimum Gasteiger partial charge on any atom is -0.380 e. The number of carbonyl (C=O) groups is 1. The number of primary amides is 1. The lowest BCUT2D eigenvalue weighted by Gasteiger charge is -2.10. The molecule has 0 unspecified atom stereocenters. The zero-order chi connectivity index (χ0) is 16.3. The number of halogens is 2. The molecule has 2 aromatic rings. The van der Waals surface area contributed by atoms with Crippen molar-refractivity contribution in [1.29, 1.82) is 0 Å². The van der Waals surface area contributed by atoms with Crippen molar-refractivity contribution in [2.75, 3.05) is 5.32 Å². The number of nitrogens with one attached hydrogen (secondary N) is 1. The van der Waals surface area contributed by atoms with Crippen LogP contribution in [0, 0.1) is 10.1 Å². The summed E-state index contributed by atoms with van der Waals surface area (Å²) >= 11 is 11.4. The van der Waals surface area contributed by atoms with Gasteiger partial charge in [-0.1, -0.05) is 11.6 Å². The summed E-state index contributed by atoms with van der Waals surface area (Å²) < 4.78 is 0. The van der Waals surface area contributed by atoms with Gasteiger partial charge in [0.05, 0.1) is 10.5 Å². The summed E-state index contributed by atoms with van der Waals surface area (Å²) in [7, 11) is 0. The van der Waals surface area contributed by atoms with Crippen LogP contribution in [-0.4, -0.2) is 20.8 Å². The smallest absolute Gasteiger partial charge is 0.288 e. The number of carbonyl (C=O) groups excluding carboxylic acids is 1. The lowest BCUT2D eigenvalue weighted by Crippen LogP contribution is -2.15. The van der Waals surface area contributed by atoms with E-state index in [0.717, 1.165) is 6.07 Å². The molecular weight excluding hydrogens is 333 g/mol. The van der Waals surface area contributed by atoms with E-state index in [-0.39, 0.29) is 28.1 Å². The second-order valence-electron chi connectivity index (χ2n) is 4.18. The third-order valence-electron chi connectivity index (χ3n) is 2.71. The molecule has 1 aromatic carbocycles. The largest absolute Gasteiger partial charge is 0.380 e. The van der Waals surface area contributed by atoms with Crippen molar-refractivity contribution < 1.29 is 9.72 Å². The third kappa shape index (κ3) is 3.60. The van der Waals surface area contributed by atoms with E-state index in [9.17, 15) is 14.9 Å². The van der Waals surface area contributed by atoms with E-state index in [1.54, 1.807) is 0 Å². The molecule has 0 aliphatic rings. The second kappa shape index (κ2) is 6.54. The van der Waals surface area contributed by atoms with Gasteiger partial charge in [0.15, 0.2) is 0 Å². The van der Waals surface area contributed by atoms with Gasteiger partial charge in [0.25, 0.3) is 11.6 Å². The van der Waals surface area contributed by atoms with E-state index < -0.39 is 16.5 Å². The third-order valence-corrected chi connectivity index (χ3v) is 3.20. The van der Waals surface area contributed by atoms with Crippen molar-refractivity contribution >= 4 is 40.5 Å². The van der Waals surface area contributed by atoms with Gasteiger partial charge in [0, 0.05) is 36.3 Å². The lowest BCUT2D eigenvalue weighted by molar-refractivity contribution is -0.384. The Morgan fingerprint density at radius 3 is 2.50 bits per heavy atom. The van der Waals surface area contributed by atoms with Gasteiger partial charge in [-0.3, -0.25) is 14.9 Å². The molecule has 10 heteroatoms. The molecule has 22 heavy (non-hydrogen) atoms. The van der Waals surface area contributed by atoms with Crippen molar-refractivity contribution in [2.45, 2.75) is 6.54 Å². The molecule has 1 heterocycles. The van der Waals surface area contributed by atoms with Gasteiger partial charge in [-0.25, -0.2) is 9.97 Å². The van der Waals surface area contributed by atoms with Crippen molar-refractivity contribution in [3.05, 3.63) is 56.1 Å². The first-order valence-corrected chi connectivity index (χ1v) is 6.62. The van der Waals surface area contributed by atoms with Crippen LogP contribution in [0.5, 0.6) is 0 Å². The Kier molecular flexibility index (Phi) is 4.74. The Morgan fingerprint density at radius 2 is 1.95 bits per heavy atom. The number of aromatic nitrogens is 2. The van der Waals surface area contributed by atoms with Crippen LogP contribution < -0.4 is 11.1 Å². The molecule has 0 saturated heterocycles. The minimum absolute atomic E-state index is 0.0361. The Bertz CT molecular complexity index is 736. The molecule has 0 bridgehead atoms.